The monoisotopic (exact) mass is 226 g/mol. The summed E-state index contributed by atoms with van der Waals surface area (Å²) in [6.07, 6.45) is 4.02. The predicted molar refractivity (Wildman–Crippen MR) is 57.8 cm³/mol. The molecule has 2 amide bonds. The van der Waals surface area contributed by atoms with E-state index in [2.05, 4.69) is 10.6 Å². The largest absolute Gasteiger partial charge is 0.368 e. The van der Waals surface area contributed by atoms with E-state index in [1.807, 2.05) is 0 Å². The molecule has 2 aliphatic rings. The van der Waals surface area contributed by atoms with Gasteiger partial charge in [-0.25, -0.2) is 0 Å². The Morgan fingerprint density at radius 3 is 2.94 bits per heavy atom. The Morgan fingerprint density at radius 2 is 2.19 bits per heavy atom. The molecule has 2 N–H and O–H groups in total. The van der Waals surface area contributed by atoms with Gasteiger partial charge in [-0.3, -0.25) is 9.59 Å². The van der Waals surface area contributed by atoms with Gasteiger partial charge in [0.05, 0.1) is 0 Å². The Bertz CT molecular complexity index is 274. The highest BCUT2D eigenvalue weighted by molar-refractivity contribution is 5.89. The lowest BCUT2D eigenvalue weighted by Gasteiger charge is -2.17. The summed E-state index contributed by atoms with van der Waals surface area (Å²) in [5.74, 6) is -0.205. The highest BCUT2D eigenvalue weighted by Gasteiger charge is 2.28. The molecule has 0 radical (unpaired) electrons. The Morgan fingerprint density at radius 1 is 1.31 bits per heavy atom. The number of amides is 2. The van der Waals surface area contributed by atoms with E-state index in [9.17, 15) is 9.59 Å². The second kappa shape index (κ2) is 5.30. The van der Waals surface area contributed by atoms with Gasteiger partial charge in [0.25, 0.3) is 0 Å². The minimum absolute atomic E-state index is 0.0659. The fourth-order valence-corrected chi connectivity index (χ4v) is 2.13. The van der Waals surface area contributed by atoms with Crippen LogP contribution in [0.5, 0.6) is 0 Å². The van der Waals surface area contributed by atoms with Crippen LogP contribution >= 0.6 is 0 Å². The summed E-state index contributed by atoms with van der Waals surface area (Å²) in [4.78, 5) is 23.4. The first kappa shape index (κ1) is 11.4. The highest BCUT2D eigenvalue weighted by Crippen LogP contribution is 2.13. The van der Waals surface area contributed by atoms with Gasteiger partial charge in [0, 0.05) is 13.2 Å². The van der Waals surface area contributed by atoms with Gasteiger partial charge in [-0.05, 0) is 32.1 Å². The van der Waals surface area contributed by atoms with Crippen LogP contribution < -0.4 is 10.6 Å². The maximum absolute atomic E-state index is 11.8. The quantitative estimate of drug-likeness (QED) is 0.693. The molecule has 5 heteroatoms. The summed E-state index contributed by atoms with van der Waals surface area (Å²) < 4.78 is 5.28. The van der Waals surface area contributed by atoms with E-state index >= 15 is 0 Å². The van der Waals surface area contributed by atoms with Gasteiger partial charge >= 0.3 is 0 Å². The van der Waals surface area contributed by atoms with Gasteiger partial charge in [-0.2, -0.15) is 0 Å². The van der Waals surface area contributed by atoms with Crippen molar-refractivity contribution in [3.05, 3.63) is 0 Å². The summed E-state index contributed by atoms with van der Waals surface area (Å²) >= 11 is 0. The highest BCUT2D eigenvalue weighted by atomic mass is 16.5. The molecular weight excluding hydrogens is 208 g/mol. The molecule has 2 atom stereocenters. The lowest BCUT2D eigenvalue weighted by molar-refractivity contribution is -0.134. The number of rotatable bonds is 2. The zero-order chi connectivity index (χ0) is 11.4. The molecular formula is C11H18N2O3. The fraction of sp³-hybridized carbons (Fsp3) is 0.818. The van der Waals surface area contributed by atoms with Crippen molar-refractivity contribution in [1.29, 1.82) is 0 Å². The topological polar surface area (TPSA) is 67.4 Å². The molecule has 5 nitrogen and oxygen atoms in total. The van der Waals surface area contributed by atoms with Crippen molar-refractivity contribution in [3.8, 4) is 0 Å². The summed E-state index contributed by atoms with van der Waals surface area (Å²) in [5.41, 5.74) is 0. The van der Waals surface area contributed by atoms with Crippen molar-refractivity contribution in [2.45, 2.75) is 44.2 Å². The first-order valence-electron chi connectivity index (χ1n) is 5.97. The Labute approximate surface area is 94.9 Å². The van der Waals surface area contributed by atoms with E-state index in [0.29, 0.717) is 13.2 Å². The van der Waals surface area contributed by atoms with E-state index < -0.39 is 0 Å². The Kier molecular flexibility index (Phi) is 3.77. The SMILES string of the molecule is O=C(N[C@@H]1CCCCNC1=O)[C@@H]1CCCO1. The van der Waals surface area contributed by atoms with Crippen LogP contribution in [0.1, 0.15) is 32.1 Å². The molecule has 0 unspecified atom stereocenters. The van der Waals surface area contributed by atoms with Crippen LogP contribution in [-0.2, 0) is 14.3 Å². The van der Waals surface area contributed by atoms with Crippen molar-refractivity contribution >= 4 is 11.8 Å². The van der Waals surface area contributed by atoms with E-state index in [1.165, 1.54) is 0 Å². The van der Waals surface area contributed by atoms with Crippen LogP contribution in [0.3, 0.4) is 0 Å². The second-order valence-electron chi connectivity index (χ2n) is 4.35. The fourth-order valence-electron chi connectivity index (χ4n) is 2.13. The van der Waals surface area contributed by atoms with Crippen LogP contribution in [0.25, 0.3) is 0 Å². The van der Waals surface area contributed by atoms with Crippen molar-refractivity contribution in [3.63, 3.8) is 0 Å². The maximum Gasteiger partial charge on any atom is 0.249 e. The van der Waals surface area contributed by atoms with E-state index in [1.54, 1.807) is 0 Å². The van der Waals surface area contributed by atoms with Gasteiger partial charge in [-0.15, -0.1) is 0 Å². The van der Waals surface area contributed by atoms with E-state index in [0.717, 1.165) is 32.1 Å². The van der Waals surface area contributed by atoms with Crippen LogP contribution in [0.15, 0.2) is 0 Å². The zero-order valence-corrected chi connectivity index (χ0v) is 9.33. The number of hydrogen-bond acceptors (Lipinski definition) is 3. The Balaban J connectivity index is 1.86. The third-order valence-electron chi connectivity index (χ3n) is 3.07. The number of nitrogens with one attached hydrogen (secondary N) is 2. The number of hydrogen-bond donors (Lipinski definition) is 2. The van der Waals surface area contributed by atoms with Gasteiger partial charge in [0.15, 0.2) is 0 Å². The van der Waals surface area contributed by atoms with Crippen LogP contribution in [0.2, 0.25) is 0 Å². The second-order valence-corrected chi connectivity index (χ2v) is 4.35. The Hall–Kier alpha value is -1.10. The third-order valence-corrected chi connectivity index (χ3v) is 3.07. The van der Waals surface area contributed by atoms with Gasteiger partial charge in [0.2, 0.25) is 11.8 Å². The lowest BCUT2D eigenvalue weighted by Crippen LogP contribution is -2.48. The molecule has 2 saturated heterocycles. The molecule has 0 spiro atoms. The summed E-state index contributed by atoms with van der Waals surface area (Å²) in [6.45, 7) is 1.36. The minimum atomic E-state index is -0.376. The van der Waals surface area contributed by atoms with Gasteiger partial charge < -0.3 is 15.4 Å². The van der Waals surface area contributed by atoms with Crippen molar-refractivity contribution in [1.82, 2.24) is 10.6 Å². The summed E-state index contributed by atoms with van der Waals surface area (Å²) in [5, 5.41) is 5.57. The molecule has 2 heterocycles. The van der Waals surface area contributed by atoms with E-state index in [4.69, 9.17) is 4.74 Å². The van der Waals surface area contributed by atoms with Gasteiger partial charge in [0.1, 0.15) is 12.1 Å². The molecule has 0 saturated carbocycles. The first-order chi connectivity index (χ1) is 7.77. The average Bonchev–Trinajstić information content (AvgIpc) is 2.73. The van der Waals surface area contributed by atoms with Crippen LogP contribution in [0, 0.1) is 0 Å². The standard InChI is InChI=1S/C11H18N2O3/c14-10-8(4-1-2-6-12-10)13-11(15)9-5-3-7-16-9/h8-9H,1-7H2,(H,12,14)(H,13,15)/t8-,9+/m1/s1. The molecule has 2 rings (SSSR count). The predicted octanol–water partition coefficient (Wildman–Crippen LogP) is -0.0497. The van der Waals surface area contributed by atoms with Crippen molar-refractivity contribution < 1.29 is 14.3 Å². The van der Waals surface area contributed by atoms with Crippen molar-refractivity contribution in [2.24, 2.45) is 0 Å². The summed E-state index contributed by atoms with van der Waals surface area (Å²) in [6, 6.07) is -0.376. The maximum atomic E-state index is 11.8. The lowest BCUT2D eigenvalue weighted by atomic mass is 10.1. The number of carbonyl (C=O) groups excluding carboxylic acids is 2. The van der Waals surface area contributed by atoms with E-state index in [-0.39, 0.29) is 24.0 Å². The number of ether oxygens (including phenoxy) is 1. The molecule has 0 aromatic carbocycles. The van der Waals surface area contributed by atoms with Gasteiger partial charge in [-0.1, -0.05) is 0 Å². The first-order valence-corrected chi connectivity index (χ1v) is 5.97. The van der Waals surface area contributed by atoms with Crippen LogP contribution in [0.4, 0.5) is 0 Å². The zero-order valence-electron chi connectivity index (χ0n) is 9.33. The smallest absolute Gasteiger partial charge is 0.249 e. The third kappa shape index (κ3) is 2.72. The average molecular weight is 226 g/mol. The minimum Gasteiger partial charge on any atom is -0.368 e. The molecule has 2 aliphatic heterocycles. The molecule has 16 heavy (non-hydrogen) atoms. The summed E-state index contributed by atoms with van der Waals surface area (Å²) in [7, 11) is 0. The molecule has 2 fully saturated rings. The van der Waals surface area contributed by atoms with Crippen molar-refractivity contribution in [2.75, 3.05) is 13.2 Å². The number of carbonyl (C=O) groups is 2. The molecule has 0 bridgehead atoms. The molecule has 0 aromatic rings. The van der Waals surface area contributed by atoms with Crippen LogP contribution in [-0.4, -0.2) is 37.1 Å². The molecule has 90 valence electrons. The molecule has 0 aromatic heterocycles. The molecule has 0 aliphatic carbocycles. The normalized spacial score (nSPS) is 30.6.